The van der Waals surface area contributed by atoms with Crippen molar-refractivity contribution in [1.82, 2.24) is 0 Å². The van der Waals surface area contributed by atoms with Gasteiger partial charge in [-0.2, -0.15) is 0 Å². The molecule has 2 aliphatic rings. The van der Waals surface area contributed by atoms with Gasteiger partial charge in [0.05, 0.1) is 0 Å². The average Bonchev–Trinajstić information content (AvgIpc) is 3.46. The fourth-order valence-electron chi connectivity index (χ4n) is 8.67. The van der Waals surface area contributed by atoms with Gasteiger partial charge < -0.3 is 5.02 Å². The standard InChI is InChI=1S/C44H35BO/c1-43(2)37-15-9-7-11-29(37)31-20-17-26(23-39(31)43)41-33-13-5-6-14-34(33)42(36-25-28(45-46)19-22-35(36)41)27-18-21-32-30-12-8-10-16-38(30)44(3,4)40(32)24-27/h5-25,45-46H,1-4H3. The molecule has 7 aromatic carbocycles. The van der Waals surface area contributed by atoms with Crippen molar-refractivity contribution in [2.45, 2.75) is 38.5 Å². The van der Waals surface area contributed by atoms with E-state index in [0.29, 0.717) is 0 Å². The van der Waals surface area contributed by atoms with Gasteiger partial charge in [-0.1, -0.05) is 148 Å². The Kier molecular flexibility index (Phi) is 5.69. The van der Waals surface area contributed by atoms with E-state index in [1.807, 2.05) is 0 Å². The van der Waals surface area contributed by atoms with Crippen LogP contribution in [0.4, 0.5) is 0 Å². The molecular formula is C44H35BO. The van der Waals surface area contributed by atoms with Gasteiger partial charge in [-0.05, 0) is 100 Å². The zero-order valence-corrected chi connectivity index (χ0v) is 26.8. The summed E-state index contributed by atoms with van der Waals surface area (Å²) in [6, 6.07) is 47.2. The molecule has 0 radical (unpaired) electrons. The van der Waals surface area contributed by atoms with E-state index in [1.165, 1.54) is 88.3 Å². The van der Waals surface area contributed by atoms with Gasteiger partial charge in [-0.25, -0.2) is 0 Å². The Morgan fingerprint density at radius 3 is 1.37 bits per heavy atom. The minimum absolute atomic E-state index is 0.00929. The molecule has 46 heavy (non-hydrogen) atoms. The van der Waals surface area contributed by atoms with Gasteiger partial charge in [0.1, 0.15) is 0 Å². The second-order valence-electron chi connectivity index (χ2n) is 14.2. The topological polar surface area (TPSA) is 20.2 Å². The van der Waals surface area contributed by atoms with Crippen molar-refractivity contribution in [3.8, 4) is 44.5 Å². The minimum atomic E-state index is -0.0848. The summed E-state index contributed by atoms with van der Waals surface area (Å²) in [4.78, 5) is 0. The monoisotopic (exact) mass is 590 g/mol. The molecule has 0 spiro atoms. The summed E-state index contributed by atoms with van der Waals surface area (Å²) in [7, 11) is 0.00929. The zero-order chi connectivity index (χ0) is 31.4. The molecule has 0 saturated carbocycles. The van der Waals surface area contributed by atoms with E-state index < -0.39 is 0 Å². The SMILES string of the molecule is CC1(C)c2ccccc2-c2ccc(-c3c4ccccc4c(-c4ccc5c(c4)C(C)(C)c4ccccc4-5)c4cc(BO)ccc34)cc21. The lowest BCUT2D eigenvalue weighted by Gasteiger charge is -2.24. The van der Waals surface area contributed by atoms with Gasteiger partial charge in [-0.15, -0.1) is 0 Å². The molecule has 1 N–H and O–H groups in total. The molecule has 9 rings (SSSR count). The predicted molar refractivity (Wildman–Crippen MR) is 196 cm³/mol. The van der Waals surface area contributed by atoms with Gasteiger partial charge in [0, 0.05) is 10.8 Å². The molecule has 0 bridgehead atoms. The van der Waals surface area contributed by atoms with Crippen molar-refractivity contribution in [2.24, 2.45) is 0 Å². The lowest BCUT2D eigenvalue weighted by atomic mass is 9.78. The normalized spacial score (nSPS) is 15.0. The first-order chi connectivity index (χ1) is 22.3. The molecule has 0 aliphatic heterocycles. The smallest absolute Gasteiger partial charge is 0.304 e. The van der Waals surface area contributed by atoms with Gasteiger partial charge in [0.25, 0.3) is 0 Å². The van der Waals surface area contributed by atoms with Crippen molar-refractivity contribution in [3.05, 3.63) is 150 Å². The molecule has 0 aromatic heterocycles. The van der Waals surface area contributed by atoms with E-state index in [0.717, 1.165) is 5.46 Å². The summed E-state index contributed by atoms with van der Waals surface area (Å²) in [6.07, 6.45) is 0. The van der Waals surface area contributed by atoms with Gasteiger partial charge in [-0.3, -0.25) is 0 Å². The molecule has 220 valence electrons. The first-order valence-electron chi connectivity index (χ1n) is 16.4. The Morgan fingerprint density at radius 1 is 0.413 bits per heavy atom. The summed E-state index contributed by atoms with van der Waals surface area (Å²) in [5.41, 5.74) is 16.5. The highest BCUT2D eigenvalue weighted by Gasteiger charge is 2.37. The number of fused-ring (bicyclic) bond motifs is 8. The van der Waals surface area contributed by atoms with Crippen LogP contribution in [0.3, 0.4) is 0 Å². The van der Waals surface area contributed by atoms with E-state index in [1.54, 1.807) is 0 Å². The summed E-state index contributed by atoms with van der Waals surface area (Å²) in [6.45, 7) is 9.39. The number of rotatable bonds is 3. The van der Waals surface area contributed by atoms with E-state index in [9.17, 15) is 5.02 Å². The number of benzene rings is 7. The molecule has 0 heterocycles. The van der Waals surface area contributed by atoms with Crippen LogP contribution in [0.15, 0.2) is 127 Å². The maximum atomic E-state index is 10.3. The minimum Gasteiger partial charge on any atom is -0.449 e. The second kappa shape index (κ2) is 9.55. The molecule has 1 nitrogen and oxygen atoms in total. The first kappa shape index (κ1) is 27.4. The van der Waals surface area contributed by atoms with Crippen LogP contribution in [0.5, 0.6) is 0 Å². The number of hydrogen-bond donors (Lipinski definition) is 1. The highest BCUT2D eigenvalue weighted by molar-refractivity contribution is 6.46. The van der Waals surface area contributed by atoms with Crippen LogP contribution in [0, 0.1) is 0 Å². The van der Waals surface area contributed by atoms with E-state index in [4.69, 9.17) is 0 Å². The largest absolute Gasteiger partial charge is 0.449 e. The van der Waals surface area contributed by atoms with Crippen LogP contribution < -0.4 is 5.46 Å². The van der Waals surface area contributed by atoms with Gasteiger partial charge in [0.2, 0.25) is 0 Å². The van der Waals surface area contributed by atoms with Crippen molar-refractivity contribution < 1.29 is 5.02 Å². The molecular weight excluding hydrogens is 555 g/mol. The van der Waals surface area contributed by atoms with E-state index >= 15 is 0 Å². The van der Waals surface area contributed by atoms with E-state index in [2.05, 4.69) is 155 Å². The van der Waals surface area contributed by atoms with Crippen molar-refractivity contribution in [1.29, 1.82) is 0 Å². The van der Waals surface area contributed by atoms with Gasteiger partial charge >= 0.3 is 7.48 Å². The second-order valence-corrected chi connectivity index (χ2v) is 14.2. The Labute approximate surface area is 271 Å². The van der Waals surface area contributed by atoms with E-state index in [-0.39, 0.29) is 18.3 Å². The molecule has 7 aromatic rings. The maximum absolute atomic E-state index is 10.3. The van der Waals surface area contributed by atoms with Crippen molar-refractivity contribution >= 4 is 34.5 Å². The molecule has 0 atom stereocenters. The highest BCUT2D eigenvalue weighted by Crippen LogP contribution is 2.53. The molecule has 0 amide bonds. The van der Waals surface area contributed by atoms with Crippen molar-refractivity contribution in [3.63, 3.8) is 0 Å². The molecule has 0 unspecified atom stereocenters. The quantitative estimate of drug-likeness (QED) is 0.160. The van der Waals surface area contributed by atoms with Gasteiger partial charge in [0.15, 0.2) is 0 Å². The van der Waals surface area contributed by atoms with Crippen LogP contribution in [0.2, 0.25) is 0 Å². The third-order valence-electron chi connectivity index (χ3n) is 11.0. The Balaban J connectivity index is 1.33. The fraction of sp³-hybridized carbons (Fsp3) is 0.136. The molecule has 2 aliphatic carbocycles. The summed E-state index contributed by atoms with van der Waals surface area (Å²) in [5.74, 6) is 0. The van der Waals surface area contributed by atoms with Crippen LogP contribution in [0.1, 0.15) is 49.9 Å². The molecule has 0 fully saturated rings. The zero-order valence-electron chi connectivity index (χ0n) is 26.8. The molecule has 2 heteroatoms. The third-order valence-corrected chi connectivity index (χ3v) is 11.0. The summed E-state index contributed by atoms with van der Waals surface area (Å²) >= 11 is 0. The highest BCUT2D eigenvalue weighted by atomic mass is 16.2. The summed E-state index contributed by atoms with van der Waals surface area (Å²) < 4.78 is 0. The lowest BCUT2D eigenvalue weighted by molar-refractivity contribution is 0.615. The Bertz CT molecular complexity index is 2410. The maximum Gasteiger partial charge on any atom is 0.304 e. The summed E-state index contributed by atoms with van der Waals surface area (Å²) in [5, 5.41) is 15.2. The third kappa shape index (κ3) is 3.62. The average molecular weight is 591 g/mol. The van der Waals surface area contributed by atoms with Crippen LogP contribution >= 0.6 is 0 Å². The predicted octanol–water partition coefficient (Wildman–Crippen LogP) is 9.91. The fourth-order valence-corrected chi connectivity index (χ4v) is 8.67. The van der Waals surface area contributed by atoms with Crippen LogP contribution in [-0.4, -0.2) is 12.5 Å². The van der Waals surface area contributed by atoms with Crippen LogP contribution in [-0.2, 0) is 10.8 Å². The Morgan fingerprint density at radius 2 is 0.848 bits per heavy atom. The first-order valence-corrected chi connectivity index (χ1v) is 16.4. The van der Waals surface area contributed by atoms with Crippen molar-refractivity contribution in [2.75, 3.05) is 0 Å². The lowest BCUT2D eigenvalue weighted by Crippen LogP contribution is -2.15. The number of hydrogen-bond acceptors (Lipinski definition) is 1. The van der Waals surface area contributed by atoms with Crippen LogP contribution in [0.25, 0.3) is 66.1 Å². The Hall–Kier alpha value is -4.92. The molecule has 0 saturated heterocycles.